The van der Waals surface area contributed by atoms with Gasteiger partial charge in [-0.1, -0.05) is 13.8 Å². The van der Waals surface area contributed by atoms with Gasteiger partial charge < -0.3 is 10.1 Å². The second kappa shape index (κ2) is 7.99. The van der Waals surface area contributed by atoms with E-state index in [1.54, 1.807) is 12.1 Å². The monoisotopic (exact) mass is 314 g/mol. The maximum Gasteiger partial charge on any atom is 0.240 e. The molecule has 0 spiro atoms. The first-order valence-electron chi connectivity index (χ1n) is 6.75. The van der Waals surface area contributed by atoms with E-state index >= 15 is 0 Å². The number of carbonyl (C=O) groups excluding carboxylic acids is 1. The van der Waals surface area contributed by atoms with Gasteiger partial charge in [0.05, 0.1) is 12.0 Å². The molecule has 0 aliphatic carbocycles. The van der Waals surface area contributed by atoms with Crippen LogP contribution in [-0.2, 0) is 14.8 Å². The minimum atomic E-state index is -3.60. The van der Waals surface area contributed by atoms with Gasteiger partial charge in [-0.15, -0.1) is 0 Å². The summed E-state index contributed by atoms with van der Waals surface area (Å²) in [7, 11) is -2.09. The summed E-state index contributed by atoms with van der Waals surface area (Å²) in [4.78, 5) is 11.6. The van der Waals surface area contributed by atoms with Crippen molar-refractivity contribution >= 4 is 15.9 Å². The van der Waals surface area contributed by atoms with Gasteiger partial charge in [0.2, 0.25) is 15.9 Å². The molecule has 0 bridgehead atoms. The first kappa shape index (κ1) is 17.5. The van der Waals surface area contributed by atoms with Gasteiger partial charge in [0.25, 0.3) is 0 Å². The Morgan fingerprint density at radius 1 is 1.24 bits per heavy atom. The normalized spacial score (nSPS) is 11.4. The Labute approximate surface area is 125 Å². The Kier molecular flexibility index (Phi) is 6.64. The molecule has 0 fully saturated rings. The zero-order valence-electron chi connectivity index (χ0n) is 12.5. The van der Waals surface area contributed by atoms with E-state index < -0.39 is 10.0 Å². The highest BCUT2D eigenvalue weighted by molar-refractivity contribution is 7.89. The van der Waals surface area contributed by atoms with Crippen LogP contribution in [0.5, 0.6) is 5.75 Å². The second-order valence-corrected chi connectivity index (χ2v) is 6.79. The third-order valence-corrected chi connectivity index (χ3v) is 4.20. The number of carbonyl (C=O) groups is 1. The van der Waals surface area contributed by atoms with E-state index in [2.05, 4.69) is 10.0 Å². The lowest BCUT2D eigenvalue weighted by molar-refractivity contribution is -0.121. The summed E-state index contributed by atoms with van der Waals surface area (Å²) in [6, 6.07) is 6.06. The van der Waals surface area contributed by atoms with Crippen LogP contribution in [0.15, 0.2) is 29.2 Å². The van der Waals surface area contributed by atoms with Crippen molar-refractivity contribution in [3.05, 3.63) is 24.3 Å². The Morgan fingerprint density at radius 2 is 1.86 bits per heavy atom. The molecule has 6 nitrogen and oxygen atoms in total. The van der Waals surface area contributed by atoms with Crippen LogP contribution in [0, 0.1) is 5.92 Å². The molecule has 1 aromatic carbocycles. The third-order valence-electron chi connectivity index (χ3n) is 2.72. The summed E-state index contributed by atoms with van der Waals surface area (Å²) in [6.07, 6.45) is 0.113. The zero-order chi connectivity index (χ0) is 15.9. The number of hydrogen-bond acceptors (Lipinski definition) is 4. The SMILES string of the molecule is COc1ccc(S(=O)(=O)NCCC(=O)NCC(C)C)cc1. The molecule has 7 heteroatoms. The summed E-state index contributed by atoms with van der Waals surface area (Å²) >= 11 is 0. The molecule has 1 rings (SSSR count). The predicted octanol–water partition coefficient (Wildman–Crippen LogP) is 1.14. The van der Waals surface area contributed by atoms with E-state index in [1.165, 1.54) is 19.2 Å². The molecule has 0 atom stereocenters. The number of methoxy groups -OCH3 is 1. The van der Waals surface area contributed by atoms with Crippen LogP contribution in [0.2, 0.25) is 0 Å². The molecule has 118 valence electrons. The predicted molar refractivity (Wildman–Crippen MR) is 80.6 cm³/mol. The first-order chi connectivity index (χ1) is 9.85. The Balaban J connectivity index is 2.47. The summed E-state index contributed by atoms with van der Waals surface area (Å²) in [5.41, 5.74) is 0. The first-order valence-corrected chi connectivity index (χ1v) is 8.24. The largest absolute Gasteiger partial charge is 0.497 e. The number of hydrogen-bond donors (Lipinski definition) is 2. The molecule has 0 saturated heterocycles. The van der Waals surface area contributed by atoms with E-state index in [-0.39, 0.29) is 23.8 Å². The Hall–Kier alpha value is -1.60. The van der Waals surface area contributed by atoms with Gasteiger partial charge >= 0.3 is 0 Å². The number of sulfonamides is 1. The number of nitrogens with one attached hydrogen (secondary N) is 2. The second-order valence-electron chi connectivity index (χ2n) is 5.02. The maximum atomic E-state index is 12.0. The van der Waals surface area contributed by atoms with Crippen LogP contribution < -0.4 is 14.8 Å². The molecule has 0 aliphatic heterocycles. The van der Waals surface area contributed by atoms with Gasteiger partial charge in [-0.25, -0.2) is 13.1 Å². The van der Waals surface area contributed by atoms with E-state index in [9.17, 15) is 13.2 Å². The quantitative estimate of drug-likeness (QED) is 0.753. The molecule has 0 saturated carbocycles. The fraction of sp³-hybridized carbons (Fsp3) is 0.500. The highest BCUT2D eigenvalue weighted by Crippen LogP contribution is 2.15. The minimum Gasteiger partial charge on any atom is -0.497 e. The standard InChI is InChI=1S/C14H22N2O4S/c1-11(2)10-15-14(17)8-9-16-21(18,19)13-6-4-12(20-3)5-7-13/h4-7,11,16H,8-10H2,1-3H3,(H,15,17). The third kappa shape index (κ3) is 6.14. The number of rotatable bonds is 8. The molecule has 2 N–H and O–H groups in total. The van der Waals surface area contributed by atoms with Crippen molar-refractivity contribution in [3.8, 4) is 5.75 Å². The van der Waals surface area contributed by atoms with Gasteiger partial charge in [-0.05, 0) is 30.2 Å². The number of amides is 1. The smallest absolute Gasteiger partial charge is 0.240 e. The molecular weight excluding hydrogens is 292 g/mol. The molecule has 0 aliphatic rings. The molecule has 0 heterocycles. The van der Waals surface area contributed by atoms with Crippen molar-refractivity contribution in [3.63, 3.8) is 0 Å². The van der Waals surface area contributed by atoms with Crippen molar-refractivity contribution in [2.75, 3.05) is 20.2 Å². The molecule has 1 amide bonds. The summed E-state index contributed by atoms with van der Waals surface area (Å²) in [5.74, 6) is 0.785. The number of benzene rings is 1. The molecule has 1 aromatic rings. The van der Waals surface area contributed by atoms with Crippen molar-refractivity contribution < 1.29 is 17.9 Å². The van der Waals surface area contributed by atoms with Gasteiger partial charge in [-0.3, -0.25) is 4.79 Å². The van der Waals surface area contributed by atoms with Crippen molar-refractivity contribution in [2.24, 2.45) is 5.92 Å². The molecule has 21 heavy (non-hydrogen) atoms. The Morgan fingerprint density at radius 3 is 2.38 bits per heavy atom. The summed E-state index contributed by atoms with van der Waals surface area (Å²) in [5, 5.41) is 2.73. The van der Waals surface area contributed by atoms with E-state index in [0.717, 1.165) is 0 Å². The fourth-order valence-corrected chi connectivity index (χ4v) is 2.58. The van der Waals surface area contributed by atoms with Crippen LogP contribution >= 0.6 is 0 Å². The Bertz CT molecular complexity index is 553. The highest BCUT2D eigenvalue weighted by Gasteiger charge is 2.14. The molecule has 0 aromatic heterocycles. The molecule has 0 radical (unpaired) electrons. The van der Waals surface area contributed by atoms with Gasteiger partial charge in [0, 0.05) is 19.5 Å². The lowest BCUT2D eigenvalue weighted by Crippen LogP contribution is -2.32. The summed E-state index contributed by atoms with van der Waals surface area (Å²) < 4.78 is 31.4. The van der Waals surface area contributed by atoms with Crippen molar-refractivity contribution in [2.45, 2.75) is 25.2 Å². The van der Waals surface area contributed by atoms with Crippen LogP contribution in [0.1, 0.15) is 20.3 Å². The van der Waals surface area contributed by atoms with Gasteiger partial charge in [-0.2, -0.15) is 0 Å². The molecule has 0 unspecified atom stereocenters. The average Bonchev–Trinajstić information content (AvgIpc) is 2.45. The van der Waals surface area contributed by atoms with Crippen molar-refractivity contribution in [1.29, 1.82) is 0 Å². The van der Waals surface area contributed by atoms with E-state index in [4.69, 9.17) is 4.74 Å². The topological polar surface area (TPSA) is 84.5 Å². The molecular formula is C14H22N2O4S. The van der Waals surface area contributed by atoms with Crippen LogP contribution in [0.4, 0.5) is 0 Å². The number of ether oxygens (including phenoxy) is 1. The highest BCUT2D eigenvalue weighted by atomic mass is 32.2. The van der Waals surface area contributed by atoms with Crippen LogP contribution in [0.25, 0.3) is 0 Å². The average molecular weight is 314 g/mol. The zero-order valence-corrected chi connectivity index (χ0v) is 13.4. The van der Waals surface area contributed by atoms with Gasteiger partial charge in [0.15, 0.2) is 0 Å². The fourth-order valence-electron chi connectivity index (χ4n) is 1.54. The maximum absolute atomic E-state index is 12.0. The van der Waals surface area contributed by atoms with E-state index in [1.807, 2.05) is 13.8 Å². The van der Waals surface area contributed by atoms with Crippen LogP contribution in [0.3, 0.4) is 0 Å². The van der Waals surface area contributed by atoms with Crippen molar-refractivity contribution in [1.82, 2.24) is 10.0 Å². The summed E-state index contributed by atoms with van der Waals surface area (Å²) in [6.45, 7) is 4.64. The van der Waals surface area contributed by atoms with E-state index in [0.29, 0.717) is 18.2 Å². The lowest BCUT2D eigenvalue weighted by atomic mass is 10.2. The van der Waals surface area contributed by atoms with Gasteiger partial charge in [0.1, 0.15) is 5.75 Å². The lowest BCUT2D eigenvalue weighted by Gasteiger charge is -2.09. The minimum absolute atomic E-state index is 0.0677. The van der Waals surface area contributed by atoms with Crippen LogP contribution in [-0.4, -0.2) is 34.5 Å².